The molecule has 23 heavy (non-hydrogen) atoms. The van der Waals surface area contributed by atoms with Crippen LogP contribution < -0.4 is 5.32 Å². The Labute approximate surface area is 139 Å². The maximum absolute atomic E-state index is 12.4. The van der Waals surface area contributed by atoms with Crippen LogP contribution in [0.5, 0.6) is 0 Å². The van der Waals surface area contributed by atoms with E-state index in [1.165, 1.54) is 4.80 Å². The summed E-state index contributed by atoms with van der Waals surface area (Å²) in [5.41, 5.74) is 0.821. The minimum absolute atomic E-state index is 0.0185. The molecule has 8 heteroatoms. The lowest BCUT2D eigenvalue weighted by Gasteiger charge is -2.32. The lowest BCUT2D eigenvalue weighted by molar-refractivity contribution is -0.133. The van der Waals surface area contributed by atoms with Gasteiger partial charge in [-0.25, -0.2) is 0 Å². The van der Waals surface area contributed by atoms with Crippen LogP contribution in [0.4, 0.5) is 0 Å². The zero-order valence-corrected chi connectivity index (χ0v) is 13.7. The van der Waals surface area contributed by atoms with E-state index < -0.39 is 0 Å². The average Bonchev–Trinajstić information content (AvgIpc) is 3.04. The van der Waals surface area contributed by atoms with Crippen molar-refractivity contribution in [3.63, 3.8) is 0 Å². The molecule has 1 amide bonds. The number of piperidine rings is 1. The number of amides is 1. The molecular formula is C15H19ClN6O. The molecule has 1 unspecified atom stereocenters. The smallest absolute Gasteiger partial charge is 0.246 e. The number of nitrogens with zero attached hydrogens (tertiary/aromatic N) is 5. The predicted molar refractivity (Wildman–Crippen MR) is 86.9 cm³/mol. The summed E-state index contributed by atoms with van der Waals surface area (Å²) in [6.07, 6.45) is 2.11. The van der Waals surface area contributed by atoms with Crippen molar-refractivity contribution in [2.45, 2.75) is 25.4 Å². The molecule has 1 fully saturated rings. The lowest BCUT2D eigenvalue weighted by Crippen LogP contribution is -2.48. The summed E-state index contributed by atoms with van der Waals surface area (Å²) in [4.78, 5) is 15.6. The van der Waals surface area contributed by atoms with E-state index in [4.69, 9.17) is 11.6 Å². The fourth-order valence-corrected chi connectivity index (χ4v) is 2.81. The number of carbonyl (C=O) groups is 1. The molecule has 1 saturated heterocycles. The largest absolute Gasteiger partial charge is 0.339 e. The Morgan fingerprint density at radius 1 is 1.39 bits per heavy atom. The van der Waals surface area contributed by atoms with E-state index in [0.29, 0.717) is 16.9 Å². The third kappa shape index (κ3) is 3.86. The lowest BCUT2D eigenvalue weighted by atomic mass is 10.1. The van der Waals surface area contributed by atoms with Gasteiger partial charge >= 0.3 is 0 Å². The Balaban J connectivity index is 1.64. The highest BCUT2D eigenvalue weighted by atomic mass is 35.5. The van der Waals surface area contributed by atoms with Gasteiger partial charge < -0.3 is 10.2 Å². The molecule has 0 radical (unpaired) electrons. The fraction of sp³-hybridized carbons (Fsp3) is 0.467. The summed E-state index contributed by atoms with van der Waals surface area (Å²) in [7, 11) is 1.93. The number of hydrogen-bond acceptors (Lipinski definition) is 5. The van der Waals surface area contributed by atoms with Crippen LogP contribution in [-0.4, -0.2) is 57.2 Å². The number of nitrogens with one attached hydrogen (secondary N) is 1. The molecule has 3 rings (SSSR count). The number of carbonyl (C=O) groups excluding carboxylic acids is 1. The average molecular weight is 335 g/mol. The molecule has 1 atom stereocenters. The van der Waals surface area contributed by atoms with E-state index in [9.17, 15) is 4.79 Å². The zero-order valence-electron chi connectivity index (χ0n) is 12.9. The van der Waals surface area contributed by atoms with Gasteiger partial charge in [0.15, 0.2) is 0 Å². The normalized spacial score (nSPS) is 18.2. The van der Waals surface area contributed by atoms with Crippen LogP contribution in [0.2, 0.25) is 5.02 Å². The van der Waals surface area contributed by atoms with Crippen LogP contribution >= 0.6 is 11.6 Å². The Bertz CT molecular complexity index is 671. The Morgan fingerprint density at radius 2 is 2.17 bits per heavy atom. The summed E-state index contributed by atoms with van der Waals surface area (Å²) in [5, 5.41) is 16.1. The summed E-state index contributed by atoms with van der Waals surface area (Å²) in [6, 6.07) is 7.56. The molecule has 1 aliphatic heterocycles. The molecule has 2 aromatic rings. The first-order chi connectivity index (χ1) is 11.2. The minimum Gasteiger partial charge on any atom is -0.339 e. The molecule has 1 aliphatic rings. The number of aromatic nitrogens is 4. The van der Waals surface area contributed by atoms with Crippen molar-refractivity contribution < 1.29 is 4.79 Å². The van der Waals surface area contributed by atoms with E-state index in [1.54, 1.807) is 12.1 Å². The first kappa shape index (κ1) is 15.9. The molecule has 1 aromatic carbocycles. The fourth-order valence-electron chi connectivity index (χ4n) is 2.69. The van der Waals surface area contributed by atoms with Gasteiger partial charge in [-0.05, 0) is 49.4 Å². The van der Waals surface area contributed by atoms with Gasteiger partial charge in [-0.2, -0.15) is 4.80 Å². The number of tetrazole rings is 1. The van der Waals surface area contributed by atoms with Gasteiger partial charge in [0.25, 0.3) is 0 Å². The topological polar surface area (TPSA) is 75.9 Å². The van der Waals surface area contributed by atoms with Crippen LogP contribution in [0.15, 0.2) is 24.3 Å². The van der Waals surface area contributed by atoms with E-state index in [1.807, 2.05) is 24.1 Å². The van der Waals surface area contributed by atoms with Gasteiger partial charge in [0.2, 0.25) is 11.7 Å². The monoisotopic (exact) mass is 334 g/mol. The molecular weight excluding hydrogens is 316 g/mol. The van der Waals surface area contributed by atoms with Gasteiger partial charge in [-0.3, -0.25) is 4.79 Å². The number of rotatable bonds is 4. The van der Waals surface area contributed by atoms with Crippen molar-refractivity contribution in [1.82, 2.24) is 30.4 Å². The zero-order chi connectivity index (χ0) is 16.2. The van der Waals surface area contributed by atoms with E-state index >= 15 is 0 Å². The van der Waals surface area contributed by atoms with Crippen molar-refractivity contribution in [2.75, 3.05) is 20.1 Å². The summed E-state index contributed by atoms with van der Waals surface area (Å²) in [6.45, 7) is 1.63. The number of hydrogen-bond donors (Lipinski definition) is 1. The molecule has 1 aromatic heterocycles. The van der Waals surface area contributed by atoms with E-state index in [0.717, 1.165) is 31.5 Å². The molecule has 1 N–H and O–H groups in total. The second-order valence-corrected chi connectivity index (χ2v) is 6.05. The van der Waals surface area contributed by atoms with Gasteiger partial charge in [-0.1, -0.05) is 11.6 Å². The highest BCUT2D eigenvalue weighted by molar-refractivity contribution is 6.30. The van der Waals surface area contributed by atoms with Gasteiger partial charge in [-0.15, -0.1) is 10.2 Å². The SMILES string of the molecule is CNC1CCCN(C(=O)Cn2nnc(-c3ccc(Cl)cc3)n2)C1. The molecule has 2 heterocycles. The summed E-state index contributed by atoms with van der Waals surface area (Å²) >= 11 is 5.87. The molecule has 0 saturated carbocycles. The Morgan fingerprint density at radius 3 is 2.91 bits per heavy atom. The molecule has 122 valence electrons. The molecule has 0 spiro atoms. The quantitative estimate of drug-likeness (QED) is 0.909. The van der Waals surface area contributed by atoms with Crippen molar-refractivity contribution in [3.05, 3.63) is 29.3 Å². The number of halogens is 1. The minimum atomic E-state index is 0.0185. The van der Waals surface area contributed by atoms with Crippen molar-refractivity contribution >= 4 is 17.5 Å². The Hall–Kier alpha value is -1.99. The van der Waals surface area contributed by atoms with Crippen molar-refractivity contribution in [3.8, 4) is 11.4 Å². The van der Waals surface area contributed by atoms with Gasteiger partial charge in [0, 0.05) is 29.7 Å². The Kier molecular flexibility index (Phi) is 4.88. The first-order valence-corrected chi connectivity index (χ1v) is 8.02. The van der Waals surface area contributed by atoms with Crippen LogP contribution in [0.3, 0.4) is 0 Å². The first-order valence-electron chi connectivity index (χ1n) is 7.64. The van der Waals surface area contributed by atoms with Crippen molar-refractivity contribution in [1.29, 1.82) is 0 Å². The number of benzene rings is 1. The van der Waals surface area contributed by atoms with Crippen LogP contribution in [0, 0.1) is 0 Å². The summed E-state index contributed by atoms with van der Waals surface area (Å²) in [5.74, 6) is 0.506. The van der Waals surface area contributed by atoms with Gasteiger partial charge in [0.1, 0.15) is 6.54 Å². The maximum atomic E-state index is 12.4. The standard InChI is InChI=1S/C15H19ClN6O/c1-17-13-3-2-8-21(9-13)14(23)10-22-19-15(18-20-22)11-4-6-12(16)7-5-11/h4-7,13,17H,2-3,8-10H2,1H3. The molecule has 0 bridgehead atoms. The number of likely N-dealkylation sites (tertiary alicyclic amines) is 1. The summed E-state index contributed by atoms with van der Waals surface area (Å²) < 4.78 is 0. The third-order valence-corrected chi connectivity index (χ3v) is 4.27. The maximum Gasteiger partial charge on any atom is 0.246 e. The second kappa shape index (κ2) is 7.06. The molecule has 0 aliphatic carbocycles. The van der Waals surface area contributed by atoms with E-state index in [2.05, 4.69) is 20.7 Å². The second-order valence-electron chi connectivity index (χ2n) is 5.62. The predicted octanol–water partition coefficient (Wildman–Crippen LogP) is 1.20. The third-order valence-electron chi connectivity index (χ3n) is 4.01. The van der Waals surface area contributed by atoms with E-state index in [-0.39, 0.29) is 12.5 Å². The van der Waals surface area contributed by atoms with Crippen LogP contribution in [-0.2, 0) is 11.3 Å². The van der Waals surface area contributed by atoms with Crippen LogP contribution in [0.1, 0.15) is 12.8 Å². The highest BCUT2D eigenvalue weighted by Gasteiger charge is 2.23. The number of likely N-dealkylation sites (N-methyl/N-ethyl adjacent to an activating group) is 1. The molecule has 7 nitrogen and oxygen atoms in total. The van der Waals surface area contributed by atoms with Gasteiger partial charge in [0.05, 0.1) is 0 Å². The van der Waals surface area contributed by atoms with Crippen molar-refractivity contribution in [2.24, 2.45) is 0 Å². The van der Waals surface area contributed by atoms with Crippen LogP contribution in [0.25, 0.3) is 11.4 Å². The highest BCUT2D eigenvalue weighted by Crippen LogP contribution is 2.17.